The Morgan fingerprint density at radius 3 is 2.82 bits per heavy atom. The fraction of sp³-hybridized carbons (Fsp3) is 0.462. The molecule has 1 aliphatic rings. The molecule has 1 N–H and O–H groups in total. The summed E-state index contributed by atoms with van der Waals surface area (Å²) >= 11 is 5.78. The number of alkyl halides is 1. The van der Waals surface area contributed by atoms with Gasteiger partial charge >= 0.3 is 0 Å². The van der Waals surface area contributed by atoms with Crippen molar-refractivity contribution in [3.8, 4) is 0 Å². The molecule has 0 radical (unpaired) electrons. The average Bonchev–Trinajstić information content (AvgIpc) is 2.70. The quantitative estimate of drug-likeness (QED) is 0.831. The number of carbonyl (C=O) groups excluding carboxylic acids is 1. The van der Waals surface area contributed by atoms with Crippen molar-refractivity contribution in [2.45, 2.75) is 19.6 Å². The molecular formula is C13H16ClNO2. The normalized spacial score (nSPS) is 20.0. The van der Waals surface area contributed by atoms with Gasteiger partial charge in [-0.25, -0.2) is 0 Å². The van der Waals surface area contributed by atoms with Crippen molar-refractivity contribution in [1.82, 2.24) is 4.90 Å². The monoisotopic (exact) mass is 253 g/mol. The lowest BCUT2D eigenvalue weighted by Gasteiger charge is -2.16. The maximum Gasteiger partial charge on any atom is 0.223 e. The van der Waals surface area contributed by atoms with Crippen molar-refractivity contribution in [1.29, 1.82) is 0 Å². The number of carbonyl (C=O) groups is 1. The number of likely N-dealkylation sites (tertiary alicyclic amines) is 1. The first-order valence-electron chi connectivity index (χ1n) is 5.75. The third-order valence-electron chi connectivity index (χ3n) is 3.06. The number of aliphatic hydroxyl groups is 1. The molecule has 1 aliphatic heterocycles. The Morgan fingerprint density at radius 1 is 1.41 bits per heavy atom. The van der Waals surface area contributed by atoms with Crippen LogP contribution in [0.1, 0.15) is 17.5 Å². The Morgan fingerprint density at radius 2 is 2.18 bits per heavy atom. The number of amides is 1. The van der Waals surface area contributed by atoms with E-state index < -0.39 is 0 Å². The number of benzene rings is 1. The summed E-state index contributed by atoms with van der Waals surface area (Å²) in [5, 5.41) is 9.06. The fourth-order valence-electron chi connectivity index (χ4n) is 2.16. The summed E-state index contributed by atoms with van der Waals surface area (Å²) in [4.78, 5) is 13.6. The van der Waals surface area contributed by atoms with Crippen molar-refractivity contribution < 1.29 is 9.90 Å². The van der Waals surface area contributed by atoms with Gasteiger partial charge in [0.05, 0.1) is 6.61 Å². The number of hydrogen-bond donors (Lipinski definition) is 1. The molecule has 0 aromatic heterocycles. The van der Waals surface area contributed by atoms with Crippen molar-refractivity contribution >= 4 is 17.5 Å². The van der Waals surface area contributed by atoms with Crippen molar-refractivity contribution in [2.75, 3.05) is 12.4 Å². The van der Waals surface area contributed by atoms with Crippen LogP contribution in [0.3, 0.4) is 0 Å². The van der Waals surface area contributed by atoms with E-state index in [9.17, 15) is 4.79 Å². The summed E-state index contributed by atoms with van der Waals surface area (Å²) in [6.45, 7) is 1.39. The lowest BCUT2D eigenvalue weighted by atomic mass is 10.1. The van der Waals surface area contributed by atoms with Crippen LogP contribution in [-0.4, -0.2) is 28.3 Å². The molecule has 1 saturated heterocycles. The van der Waals surface area contributed by atoms with Crippen LogP contribution in [-0.2, 0) is 17.9 Å². The Hall–Kier alpha value is -1.06. The molecule has 1 aromatic rings. The summed E-state index contributed by atoms with van der Waals surface area (Å²) in [5.41, 5.74) is 1.93. The minimum absolute atomic E-state index is 0.0338. The largest absolute Gasteiger partial charge is 0.392 e. The van der Waals surface area contributed by atoms with Crippen LogP contribution >= 0.6 is 11.6 Å². The highest BCUT2D eigenvalue weighted by molar-refractivity contribution is 6.18. The highest BCUT2D eigenvalue weighted by atomic mass is 35.5. The average molecular weight is 254 g/mol. The van der Waals surface area contributed by atoms with Gasteiger partial charge in [0.25, 0.3) is 0 Å². The molecule has 1 aromatic carbocycles. The molecule has 1 fully saturated rings. The Kier molecular flexibility index (Phi) is 4.02. The minimum Gasteiger partial charge on any atom is -0.392 e. The van der Waals surface area contributed by atoms with Gasteiger partial charge in [-0.3, -0.25) is 4.79 Å². The molecule has 92 valence electrons. The summed E-state index contributed by atoms with van der Waals surface area (Å²) in [6.07, 6.45) is 0.559. The Labute approximate surface area is 106 Å². The second-order valence-electron chi connectivity index (χ2n) is 4.48. The van der Waals surface area contributed by atoms with E-state index in [4.69, 9.17) is 16.7 Å². The molecule has 1 atom stereocenters. The predicted molar refractivity (Wildman–Crippen MR) is 66.6 cm³/mol. The van der Waals surface area contributed by atoms with Gasteiger partial charge in [0.1, 0.15) is 0 Å². The van der Waals surface area contributed by atoms with Gasteiger partial charge in [-0.1, -0.05) is 24.3 Å². The highest BCUT2D eigenvalue weighted by Crippen LogP contribution is 2.21. The van der Waals surface area contributed by atoms with Crippen LogP contribution in [0, 0.1) is 5.92 Å². The molecule has 3 nitrogen and oxygen atoms in total. The predicted octanol–water partition coefficient (Wildman–Crippen LogP) is 1.77. The lowest BCUT2D eigenvalue weighted by molar-refractivity contribution is -0.128. The van der Waals surface area contributed by atoms with Crippen molar-refractivity contribution in [2.24, 2.45) is 5.92 Å². The molecule has 1 heterocycles. The van der Waals surface area contributed by atoms with Crippen LogP contribution in [0.25, 0.3) is 0 Å². The van der Waals surface area contributed by atoms with Gasteiger partial charge in [0.15, 0.2) is 0 Å². The lowest BCUT2D eigenvalue weighted by Crippen LogP contribution is -2.24. The molecule has 1 unspecified atom stereocenters. The topological polar surface area (TPSA) is 40.5 Å². The van der Waals surface area contributed by atoms with E-state index in [1.807, 2.05) is 29.2 Å². The van der Waals surface area contributed by atoms with Crippen LogP contribution in [0.15, 0.2) is 24.3 Å². The minimum atomic E-state index is 0.0338. The third kappa shape index (κ3) is 2.99. The van der Waals surface area contributed by atoms with Gasteiger partial charge in [-0.15, -0.1) is 11.6 Å². The number of halogens is 1. The number of hydrogen-bond acceptors (Lipinski definition) is 2. The number of nitrogens with zero attached hydrogens (tertiary/aromatic N) is 1. The second-order valence-corrected chi connectivity index (χ2v) is 4.79. The Balaban J connectivity index is 2.03. The molecule has 0 aliphatic carbocycles. The van der Waals surface area contributed by atoms with Crippen LogP contribution in [0.2, 0.25) is 0 Å². The van der Waals surface area contributed by atoms with E-state index in [-0.39, 0.29) is 18.4 Å². The maximum absolute atomic E-state index is 11.7. The van der Waals surface area contributed by atoms with Crippen LogP contribution in [0.4, 0.5) is 0 Å². The van der Waals surface area contributed by atoms with E-state index in [1.54, 1.807) is 0 Å². The van der Waals surface area contributed by atoms with Gasteiger partial charge < -0.3 is 10.0 Å². The summed E-state index contributed by atoms with van der Waals surface area (Å²) in [7, 11) is 0. The SMILES string of the molecule is O=C1CC(CCl)CN1Cc1cccc(CO)c1. The van der Waals surface area contributed by atoms with E-state index in [0.717, 1.165) is 17.7 Å². The van der Waals surface area contributed by atoms with Crippen molar-refractivity contribution in [3.63, 3.8) is 0 Å². The molecule has 17 heavy (non-hydrogen) atoms. The second kappa shape index (κ2) is 5.52. The molecule has 0 bridgehead atoms. The molecular weight excluding hydrogens is 238 g/mol. The number of aliphatic hydroxyl groups excluding tert-OH is 1. The zero-order chi connectivity index (χ0) is 12.3. The maximum atomic E-state index is 11.7. The molecule has 4 heteroatoms. The molecule has 0 spiro atoms. The van der Waals surface area contributed by atoms with E-state index >= 15 is 0 Å². The standard InChI is InChI=1S/C13H16ClNO2/c14-6-12-5-13(17)15(8-12)7-10-2-1-3-11(4-10)9-16/h1-4,12,16H,5-9H2. The zero-order valence-corrected chi connectivity index (χ0v) is 10.4. The smallest absolute Gasteiger partial charge is 0.223 e. The van der Waals surface area contributed by atoms with Gasteiger partial charge in [-0.2, -0.15) is 0 Å². The van der Waals surface area contributed by atoms with E-state index in [2.05, 4.69) is 0 Å². The molecule has 2 rings (SSSR count). The van der Waals surface area contributed by atoms with E-state index in [0.29, 0.717) is 18.8 Å². The molecule has 0 saturated carbocycles. The van der Waals surface area contributed by atoms with Crippen LogP contribution < -0.4 is 0 Å². The Bertz CT molecular complexity index is 408. The third-order valence-corrected chi connectivity index (χ3v) is 3.50. The first kappa shape index (κ1) is 12.4. The van der Waals surface area contributed by atoms with Crippen molar-refractivity contribution in [3.05, 3.63) is 35.4 Å². The van der Waals surface area contributed by atoms with Gasteiger partial charge in [0, 0.05) is 25.4 Å². The summed E-state index contributed by atoms with van der Waals surface area (Å²) in [5.74, 6) is 0.995. The summed E-state index contributed by atoms with van der Waals surface area (Å²) < 4.78 is 0. The van der Waals surface area contributed by atoms with Crippen LogP contribution in [0.5, 0.6) is 0 Å². The first-order valence-corrected chi connectivity index (χ1v) is 6.28. The highest BCUT2D eigenvalue weighted by Gasteiger charge is 2.28. The first-order chi connectivity index (χ1) is 8.22. The van der Waals surface area contributed by atoms with E-state index in [1.165, 1.54) is 0 Å². The summed E-state index contributed by atoms with van der Waals surface area (Å²) in [6, 6.07) is 7.68. The zero-order valence-electron chi connectivity index (χ0n) is 9.60. The molecule has 1 amide bonds. The number of rotatable bonds is 4. The van der Waals surface area contributed by atoms with Gasteiger partial charge in [0.2, 0.25) is 5.91 Å². The van der Waals surface area contributed by atoms with Gasteiger partial charge in [-0.05, 0) is 17.0 Å². The fourth-order valence-corrected chi connectivity index (χ4v) is 2.36.